The molecule has 90 valence electrons. The predicted octanol–water partition coefficient (Wildman–Crippen LogP) is 0.00980. The van der Waals surface area contributed by atoms with Crippen LogP contribution in [0.2, 0.25) is 0 Å². The summed E-state index contributed by atoms with van der Waals surface area (Å²) < 4.78 is 4.22. The van der Waals surface area contributed by atoms with Crippen molar-refractivity contribution in [2.45, 2.75) is 13.5 Å². The van der Waals surface area contributed by atoms with Crippen LogP contribution in [0.25, 0.3) is 11.2 Å². The predicted molar refractivity (Wildman–Crippen MR) is 65.0 cm³/mol. The summed E-state index contributed by atoms with van der Waals surface area (Å²) in [6, 6.07) is 0. The highest BCUT2D eigenvalue weighted by molar-refractivity contribution is 5.69. The van der Waals surface area contributed by atoms with Crippen LogP contribution in [-0.4, -0.2) is 18.7 Å². The molecule has 0 spiro atoms. The van der Waals surface area contributed by atoms with E-state index >= 15 is 0 Å². The van der Waals surface area contributed by atoms with E-state index in [-0.39, 0.29) is 17.8 Å². The average Bonchev–Trinajstić information content (AvgIpc) is 2.69. The Morgan fingerprint density at radius 2 is 2.06 bits per heavy atom. The number of allylic oxidation sites excluding steroid dienone is 2. The van der Waals surface area contributed by atoms with E-state index < -0.39 is 0 Å². The smallest absolute Gasteiger partial charge is 0.328 e. The third-order valence-corrected chi connectivity index (χ3v) is 2.72. The zero-order chi connectivity index (χ0) is 12.6. The van der Waals surface area contributed by atoms with Crippen LogP contribution in [0, 0.1) is 0 Å². The molecule has 17 heavy (non-hydrogen) atoms. The lowest BCUT2D eigenvalue weighted by molar-refractivity contribution is 0.664. The number of hydrogen-bond donors (Lipinski definition) is 0. The van der Waals surface area contributed by atoms with E-state index in [0.29, 0.717) is 11.2 Å². The van der Waals surface area contributed by atoms with Crippen molar-refractivity contribution in [1.82, 2.24) is 18.7 Å². The van der Waals surface area contributed by atoms with Gasteiger partial charge in [-0.25, -0.2) is 9.78 Å². The maximum Gasteiger partial charge on any atom is 0.332 e. The molecule has 0 unspecified atom stereocenters. The molecule has 2 aromatic heterocycles. The normalized spacial score (nSPS) is 11.7. The summed E-state index contributed by atoms with van der Waals surface area (Å²) >= 11 is 0. The summed E-state index contributed by atoms with van der Waals surface area (Å²) in [5, 5.41) is 0. The maximum absolute atomic E-state index is 12.1. The van der Waals surface area contributed by atoms with Gasteiger partial charge in [0.2, 0.25) is 0 Å². The number of fused-ring (bicyclic) bond motifs is 1. The second-order valence-electron chi connectivity index (χ2n) is 3.85. The van der Waals surface area contributed by atoms with E-state index in [2.05, 4.69) is 4.98 Å². The van der Waals surface area contributed by atoms with Crippen molar-refractivity contribution >= 4 is 11.2 Å². The van der Waals surface area contributed by atoms with Crippen molar-refractivity contribution in [3.05, 3.63) is 39.3 Å². The van der Waals surface area contributed by atoms with Crippen LogP contribution in [-0.2, 0) is 20.6 Å². The number of imidazole rings is 1. The number of hydrogen-bond acceptors (Lipinski definition) is 3. The van der Waals surface area contributed by atoms with Crippen molar-refractivity contribution in [3.8, 4) is 0 Å². The molecule has 0 saturated heterocycles. The van der Waals surface area contributed by atoms with Crippen LogP contribution in [0.3, 0.4) is 0 Å². The molecule has 0 amide bonds. The molecular weight excluding hydrogens is 220 g/mol. The topological polar surface area (TPSA) is 61.8 Å². The Hall–Kier alpha value is -2.11. The van der Waals surface area contributed by atoms with Gasteiger partial charge in [0.05, 0.1) is 6.33 Å². The average molecular weight is 234 g/mol. The third kappa shape index (κ3) is 1.61. The first-order valence-electron chi connectivity index (χ1n) is 5.30. The van der Waals surface area contributed by atoms with E-state index in [4.69, 9.17) is 0 Å². The van der Waals surface area contributed by atoms with Gasteiger partial charge in [-0.1, -0.05) is 12.2 Å². The van der Waals surface area contributed by atoms with Crippen LogP contribution < -0.4 is 11.2 Å². The van der Waals surface area contributed by atoms with Gasteiger partial charge in [0.1, 0.15) is 0 Å². The highest BCUT2D eigenvalue weighted by Crippen LogP contribution is 2.02. The minimum atomic E-state index is -0.348. The molecule has 0 aliphatic carbocycles. The zero-order valence-electron chi connectivity index (χ0n) is 10.0. The van der Waals surface area contributed by atoms with Gasteiger partial charge >= 0.3 is 5.69 Å². The Morgan fingerprint density at radius 1 is 1.35 bits per heavy atom. The van der Waals surface area contributed by atoms with E-state index in [1.807, 2.05) is 6.92 Å². The molecule has 0 radical (unpaired) electrons. The minimum Gasteiger partial charge on any atom is -0.328 e. The summed E-state index contributed by atoms with van der Waals surface area (Å²) in [6.45, 7) is 2.13. The molecule has 2 heterocycles. The van der Waals surface area contributed by atoms with E-state index in [0.717, 1.165) is 0 Å². The Bertz CT molecular complexity index is 703. The Labute approximate surface area is 97.4 Å². The van der Waals surface area contributed by atoms with E-state index in [1.165, 1.54) is 15.5 Å². The van der Waals surface area contributed by atoms with Gasteiger partial charge < -0.3 is 4.57 Å². The Kier molecular flexibility index (Phi) is 2.71. The van der Waals surface area contributed by atoms with Gasteiger partial charge in [0.15, 0.2) is 11.2 Å². The largest absolute Gasteiger partial charge is 0.332 e. The molecule has 0 N–H and O–H groups in total. The molecule has 6 nitrogen and oxygen atoms in total. The van der Waals surface area contributed by atoms with Crippen molar-refractivity contribution in [3.63, 3.8) is 0 Å². The first kappa shape index (κ1) is 11.4. The molecule has 0 aliphatic heterocycles. The van der Waals surface area contributed by atoms with Gasteiger partial charge in [-0.15, -0.1) is 0 Å². The molecule has 2 rings (SSSR count). The van der Waals surface area contributed by atoms with Gasteiger partial charge in [0.25, 0.3) is 5.56 Å². The second-order valence-corrected chi connectivity index (χ2v) is 3.85. The van der Waals surface area contributed by atoms with Gasteiger partial charge in [-0.05, 0) is 6.92 Å². The molecule has 0 aliphatic rings. The Balaban J connectivity index is 2.89. The third-order valence-electron chi connectivity index (χ3n) is 2.72. The summed E-state index contributed by atoms with van der Waals surface area (Å²) in [6.07, 6.45) is 5.11. The van der Waals surface area contributed by atoms with Gasteiger partial charge in [0, 0.05) is 20.6 Å². The Morgan fingerprint density at radius 3 is 2.71 bits per heavy atom. The summed E-state index contributed by atoms with van der Waals surface area (Å²) in [4.78, 5) is 28.2. The van der Waals surface area contributed by atoms with Crippen molar-refractivity contribution in [2.24, 2.45) is 14.1 Å². The molecule has 0 saturated carbocycles. The fraction of sp³-hybridized carbons (Fsp3) is 0.364. The van der Waals surface area contributed by atoms with E-state index in [9.17, 15) is 9.59 Å². The zero-order valence-corrected chi connectivity index (χ0v) is 10.0. The fourth-order valence-electron chi connectivity index (χ4n) is 1.77. The summed E-state index contributed by atoms with van der Waals surface area (Å²) in [5.74, 6) is 0. The highest BCUT2D eigenvalue weighted by Gasteiger charge is 2.13. The van der Waals surface area contributed by atoms with Crippen LogP contribution in [0.15, 0.2) is 28.1 Å². The van der Waals surface area contributed by atoms with E-state index in [1.54, 1.807) is 30.8 Å². The summed E-state index contributed by atoms with van der Waals surface area (Å²) in [5.41, 5.74) is 0.205. The number of rotatable bonds is 2. The van der Waals surface area contributed by atoms with Crippen LogP contribution >= 0.6 is 0 Å². The summed E-state index contributed by atoms with van der Waals surface area (Å²) in [7, 11) is 3.35. The number of aryl methyl sites for hydroxylation is 2. The molecule has 0 aromatic carbocycles. The lowest BCUT2D eigenvalue weighted by atomic mass is 10.4. The molecule has 0 atom stereocenters. The quantitative estimate of drug-likeness (QED) is 0.688. The maximum atomic E-state index is 12.1. The minimum absolute atomic E-state index is 0.281. The van der Waals surface area contributed by atoms with Crippen LogP contribution in [0.5, 0.6) is 0 Å². The SMILES string of the molecule is CC=CCn1c(=O)c2c(ncn2C)n(C)c1=O. The lowest BCUT2D eigenvalue weighted by Crippen LogP contribution is -2.39. The molecular formula is C11H14N4O2. The van der Waals surface area contributed by atoms with Gasteiger partial charge in [-0.2, -0.15) is 0 Å². The van der Waals surface area contributed by atoms with Crippen molar-refractivity contribution in [1.29, 1.82) is 0 Å². The number of nitrogens with zero attached hydrogens (tertiary/aromatic N) is 4. The lowest BCUT2D eigenvalue weighted by Gasteiger charge is -2.06. The standard InChI is InChI=1S/C11H14N4O2/c1-4-5-6-15-10(16)8-9(12-7-13(8)2)14(3)11(15)17/h4-5,7H,6H2,1-3H3. The van der Waals surface area contributed by atoms with Crippen molar-refractivity contribution in [2.75, 3.05) is 0 Å². The highest BCUT2D eigenvalue weighted by atomic mass is 16.2. The van der Waals surface area contributed by atoms with Crippen molar-refractivity contribution < 1.29 is 0 Å². The first-order valence-corrected chi connectivity index (χ1v) is 5.30. The fourth-order valence-corrected chi connectivity index (χ4v) is 1.77. The van der Waals surface area contributed by atoms with Gasteiger partial charge in [-0.3, -0.25) is 13.9 Å². The molecule has 2 aromatic rings. The van der Waals surface area contributed by atoms with Crippen LogP contribution in [0.4, 0.5) is 0 Å². The molecule has 6 heteroatoms. The second kappa shape index (κ2) is 4.04. The van der Waals surface area contributed by atoms with Crippen LogP contribution in [0.1, 0.15) is 6.92 Å². The monoisotopic (exact) mass is 234 g/mol. The molecule has 0 fully saturated rings. The first-order chi connectivity index (χ1) is 8.07. The molecule has 0 bridgehead atoms. The number of aromatic nitrogens is 4.